The Balaban J connectivity index is 4.17. The molecular weight excluding hydrogens is 198 g/mol. The summed E-state index contributed by atoms with van der Waals surface area (Å²) >= 11 is 0. The first kappa shape index (κ1) is 13.9. The highest BCUT2D eigenvalue weighted by Crippen LogP contribution is 2.04. The highest BCUT2D eigenvalue weighted by atomic mass is 16.5. The zero-order chi connectivity index (χ0) is 11.8. The molecule has 0 aromatic carbocycles. The monoisotopic (exact) mass is 217 g/mol. The van der Waals surface area contributed by atoms with Gasteiger partial charge in [0, 0.05) is 13.0 Å². The van der Waals surface area contributed by atoms with Crippen LogP contribution in [0, 0.1) is 5.92 Å². The third kappa shape index (κ3) is 5.37. The largest absolute Gasteiger partial charge is 0.467 e. The van der Waals surface area contributed by atoms with Crippen molar-refractivity contribution in [3.05, 3.63) is 0 Å². The van der Waals surface area contributed by atoms with Crippen LogP contribution in [0.4, 0.5) is 0 Å². The van der Waals surface area contributed by atoms with Crippen molar-refractivity contribution < 1.29 is 19.4 Å². The minimum atomic E-state index is -0.610. The number of aliphatic hydroxyl groups excluding tert-OH is 1. The first-order chi connectivity index (χ1) is 7.02. The van der Waals surface area contributed by atoms with Crippen LogP contribution in [0.3, 0.4) is 0 Å². The molecule has 0 saturated heterocycles. The van der Waals surface area contributed by atoms with E-state index in [4.69, 9.17) is 5.11 Å². The minimum absolute atomic E-state index is 0.0180. The van der Waals surface area contributed by atoms with Crippen molar-refractivity contribution in [2.24, 2.45) is 5.92 Å². The Morgan fingerprint density at radius 1 is 1.40 bits per heavy atom. The Morgan fingerprint density at radius 3 is 2.40 bits per heavy atom. The molecule has 1 atom stereocenters. The quantitative estimate of drug-likeness (QED) is 0.617. The number of nitrogens with one attached hydrogen (secondary N) is 1. The zero-order valence-corrected chi connectivity index (χ0v) is 9.45. The molecule has 0 unspecified atom stereocenters. The van der Waals surface area contributed by atoms with Crippen molar-refractivity contribution in [3.8, 4) is 0 Å². The highest BCUT2D eigenvalue weighted by molar-refractivity contribution is 5.84. The lowest BCUT2D eigenvalue weighted by atomic mass is 10.0. The van der Waals surface area contributed by atoms with Crippen molar-refractivity contribution in [1.82, 2.24) is 5.32 Å². The van der Waals surface area contributed by atoms with E-state index >= 15 is 0 Å². The summed E-state index contributed by atoms with van der Waals surface area (Å²) in [4.78, 5) is 22.6. The molecule has 88 valence electrons. The number of hydrogen-bond donors (Lipinski definition) is 2. The molecule has 0 bridgehead atoms. The summed E-state index contributed by atoms with van der Waals surface area (Å²) < 4.78 is 4.58. The average Bonchev–Trinajstić information content (AvgIpc) is 2.21. The molecule has 0 aliphatic heterocycles. The van der Waals surface area contributed by atoms with E-state index in [-0.39, 0.29) is 24.9 Å². The molecule has 5 heteroatoms. The number of carbonyl (C=O) groups is 2. The summed E-state index contributed by atoms with van der Waals surface area (Å²) in [6, 6.07) is -0.610. The smallest absolute Gasteiger partial charge is 0.328 e. The van der Waals surface area contributed by atoms with Crippen LogP contribution < -0.4 is 5.32 Å². The van der Waals surface area contributed by atoms with Crippen molar-refractivity contribution in [1.29, 1.82) is 0 Å². The molecule has 0 saturated carbocycles. The van der Waals surface area contributed by atoms with Crippen LogP contribution in [0.5, 0.6) is 0 Å². The summed E-state index contributed by atoms with van der Waals surface area (Å²) in [6.45, 7) is 3.62. The third-order valence-corrected chi connectivity index (χ3v) is 2.00. The summed E-state index contributed by atoms with van der Waals surface area (Å²) in [5.74, 6) is -0.703. The van der Waals surface area contributed by atoms with E-state index in [9.17, 15) is 9.59 Å². The molecule has 0 aliphatic rings. The molecule has 5 nitrogen and oxygen atoms in total. The molecule has 0 spiro atoms. The van der Waals surface area contributed by atoms with E-state index in [1.807, 2.05) is 13.8 Å². The van der Waals surface area contributed by atoms with Gasteiger partial charge in [-0.15, -0.1) is 0 Å². The standard InChI is InChI=1S/C10H19NO4/c1-7(2)9(10(14)15-3)11-8(13)5-4-6-12/h7,9,12H,4-6H2,1-3H3,(H,11,13)/t9-/m0/s1. The van der Waals surface area contributed by atoms with Crippen molar-refractivity contribution >= 4 is 11.9 Å². The molecular formula is C10H19NO4. The lowest BCUT2D eigenvalue weighted by Gasteiger charge is -2.19. The Bertz CT molecular complexity index is 215. The van der Waals surface area contributed by atoms with E-state index in [1.54, 1.807) is 0 Å². The van der Waals surface area contributed by atoms with Gasteiger partial charge in [-0.2, -0.15) is 0 Å². The summed E-state index contributed by atoms with van der Waals surface area (Å²) in [5.41, 5.74) is 0. The van der Waals surface area contributed by atoms with Gasteiger partial charge in [-0.3, -0.25) is 4.79 Å². The second-order valence-corrected chi connectivity index (χ2v) is 3.64. The Kier molecular flexibility index (Phi) is 6.70. The second kappa shape index (κ2) is 7.23. The molecule has 0 aromatic rings. The molecule has 0 fully saturated rings. The number of ether oxygens (including phenoxy) is 1. The SMILES string of the molecule is COC(=O)[C@@H](NC(=O)CCCO)C(C)C. The topological polar surface area (TPSA) is 75.6 Å². The zero-order valence-electron chi connectivity index (χ0n) is 9.45. The molecule has 0 rings (SSSR count). The lowest BCUT2D eigenvalue weighted by molar-refractivity contribution is -0.146. The number of aliphatic hydroxyl groups is 1. The first-order valence-electron chi connectivity index (χ1n) is 5.01. The molecule has 0 heterocycles. The van der Waals surface area contributed by atoms with Crippen LogP contribution in [0.1, 0.15) is 26.7 Å². The van der Waals surface area contributed by atoms with Crippen molar-refractivity contribution in [2.75, 3.05) is 13.7 Å². The normalized spacial score (nSPS) is 12.3. The molecule has 15 heavy (non-hydrogen) atoms. The van der Waals surface area contributed by atoms with E-state index in [2.05, 4.69) is 10.1 Å². The van der Waals surface area contributed by atoms with Gasteiger partial charge in [0.15, 0.2) is 0 Å². The Hall–Kier alpha value is -1.10. The molecule has 0 aliphatic carbocycles. The van der Waals surface area contributed by atoms with Crippen LogP contribution >= 0.6 is 0 Å². The van der Waals surface area contributed by atoms with Gasteiger partial charge < -0.3 is 15.2 Å². The number of rotatable bonds is 6. The van der Waals surface area contributed by atoms with Gasteiger partial charge in [0.05, 0.1) is 7.11 Å². The fourth-order valence-electron chi connectivity index (χ4n) is 1.11. The lowest BCUT2D eigenvalue weighted by Crippen LogP contribution is -2.44. The first-order valence-corrected chi connectivity index (χ1v) is 5.01. The van der Waals surface area contributed by atoms with Gasteiger partial charge >= 0.3 is 5.97 Å². The Morgan fingerprint density at radius 2 is 2.00 bits per heavy atom. The van der Waals surface area contributed by atoms with Gasteiger partial charge in [0.2, 0.25) is 5.91 Å². The Labute approximate surface area is 89.8 Å². The van der Waals surface area contributed by atoms with E-state index in [1.165, 1.54) is 7.11 Å². The van der Waals surface area contributed by atoms with Crippen molar-refractivity contribution in [3.63, 3.8) is 0 Å². The van der Waals surface area contributed by atoms with E-state index < -0.39 is 12.0 Å². The molecule has 1 amide bonds. The van der Waals surface area contributed by atoms with Crippen LogP contribution in [0.15, 0.2) is 0 Å². The van der Waals surface area contributed by atoms with Crippen molar-refractivity contribution in [2.45, 2.75) is 32.7 Å². The van der Waals surface area contributed by atoms with Crippen LogP contribution in [0.2, 0.25) is 0 Å². The molecule has 0 radical (unpaired) electrons. The fraction of sp³-hybridized carbons (Fsp3) is 0.800. The highest BCUT2D eigenvalue weighted by Gasteiger charge is 2.24. The van der Waals surface area contributed by atoms with Crippen LogP contribution in [-0.2, 0) is 14.3 Å². The average molecular weight is 217 g/mol. The maximum absolute atomic E-state index is 11.3. The summed E-state index contributed by atoms with van der Waals surface area (Å²) in [6.07, 6.45) is 0.620. The summed E-state index contributed by atoms with van der Waals surface area (Å²) in [7, 11) is 1.29. The van der Waals surface area contributed by atoms with Crippen LogP contribution in [-0.4, -0.2) is 36.7 Å². The third-order valence-electron chi connectivity index (χ3n) is 2.00. The number of carbonyl (C=O) groups excluding carboxylic acids is 2. The molecule has 2 N–H and O–H groups in total. The van der Waals surface area contributed by atoms with Crippen LogP contribution in [0.25, 0.3) is 0 Å². The van der Waals surface area contributed by atoms with Gasteiger partial charge in [0.1, 0.15) is 6.04 Å². The second-order valence-electron chi connectivity index (χ2n) is 3.64. The summed E-state index contributed by atoms with van der Waals surface area (Å²) in [5, 5.41) is 11.1. The van der Waals surface area contributed by atoms with Gasteiger partial charge in [0.25, 0.3) is 0 Å². The van der Waals surface area contributed by atoms with Gasteiger partial charge in [-0.05, 0) is 12.3 Å². The number of esters is 1. The molecule has 0 aromatic heterocycles. The number of amides is 1. The number of methoxy groups -OCH3 is 1. The minimum Gasteiger partial charge on any atom is -0.467 e. The van der Waals surface area contributed by atoms with Gasteiger partial charge in [-0.1, -0.05) is 13.8 Å². The van der Waals surface area contributed by atoms with E-state index in [0.717, 1.165) is 0 Å². The van der Waals surface area contributed by atoms with E-state index in [0.29, 0.717) is 6.42 Å². The predicted molar refractivity (Wildman–Crippen MR) is 55.1 cm³/mol. The fourth-order valence-corrected chi connectivity index (χ4v) is 1.11. The maximum atomic E-state index is 11.3. The predicted octanol–water partition coefficient (Wildman–Crippen LogP) is 0.0727. The van der Waals surface area contributed by atoms with Gasteiger partial charge in [-0.25, -0.2) is 4.79 Å². The maximum Gasteiger partial charge on any atom is 0.328 e. The number of hydrogen-bond acceptors (Lipinski definition) is 4.